The van der Waals surface area contributed by atoms with E-state index in [0.29, 0.717) is 12.3 Å². The average Bonchev–Trinajstić information content (AvgIpc) is 2.54. The fourth-order valence-corrected chi connectivity index (χ4v) is 2.27. The van der Waals surface area contributed by atoms with E-state index in [9.17, 15) is 9.90 Å². The van der Waals surface area contributed by atoms with Crippen molar-refractivity contribution < 1.29 is 14.6 Å². The van der Waals surface area contributed by atoms with Gasteiger partial charge in [0, 0.05) is 18.7 Å². The second kappa shape index (κ2) is 7.77. The number of aromatic nitrogens is 1. The Kier molecular flexibility index (Phi) is 5.75. The lowest BCUT2D eigenvalue weighted by Crippen LogP contribution is -2.33. The van der Waals surface area contributed by atoms with Gasteiger partial charge in [0.2, 0.25) is 0 Å². The van der Waals surface area contributed by atoms with Crippen molar-refractivity contribution in [1.29, 1.82) is 0 Å². The second-order valence-corrected chi connectivity index (χ2v) is 4.99. The number of halogens is 1. The van der Waals surface area contributed by atoms with Gasteiger partial charge in [0.1, 0.15) is 16.6 Å². The standard InChI is InChI=1S/C16H17ClN2O3/c1-22-14-7-3-2-5-12(14)11-19(9-10-20)16(21)13-6-4-8-15(17)18-13/h2-8,20H,9-11H2,1H3. The van der Waals surface area contributed by atoms with Gasteiger partial charge in [-0.1, -0.05) is 35.9 Å². The first-order valence-electron chi connectivity index (χ1n) is 6.80. The van der Waals surface area contributed by atoms with Crippen molar-refractivity contribution in [2.45, 2.75) is 6.54 Å². The van der Waals surface area contributed by atoms with Crippen molar-refractivity contribution in [1.82, 2.24) is 9.88 Å². The van der Waals surface area contributed by atoms with Gasteiger partial charge in [-0.05, 0) is 18.2 Å². The van der Waals surface area contributed by atoms with Crippen LogP contribution in [0.2, 0.25) is 5.15 Å². The average molecular weight is 321 g/mol. The first-order chi connectivity index (χ1) is 10.7. The molecule has 2 aromatic rings. The summed E-state index contributed by atoms with van der Waals surface area (Å²) in [4.78, 5) is 18.1. The predicted molar refractivity (Wildman–Crippen MR) is 84.1 cm³/mol. The molecule has 0 atom stereocenters. The van der Waals surface area contributed by atoms with Crippen molar-refractivity contribution in [2.75, 3.05) is 20.3 Å². The van der Waals surface area contributed by atoms with Crippen LogP contribution in [0.15, 0.2) is 42.5 Å². The van der Waals surface area contributed by atoms with Crippen LogP contribution in [0, 0.1) is 0 Å². The van der Waals surface area contributed by atoms with E-state index in [1.165, 1.54) is 4.90 Å². The summed E-state index contributed by atoms with van der Waals surface area (Å²) in [5, 5.41) is 9.48. The third-order valence-electron chi connectivity index (χ3n) is 3.15. The van der Waals surface area contributed by atoms with Crippen LogP contribution < -0.4 is 4.74 Å². The zero-order valence-corrected chi connectivity index (χ0v) is 13.0. The molecule has 2 rings (SSSR count). The maximum absolute atomic E-state index is 12.5. The molecule has 0 radical (unpaired) electrons. The number of aliphatic hydroxyl groups excluding tert-OH is 1. The number of amides is 1. The molecule has 22 heavy (non-hydrogen) atoms. The number of pyridine rings is 1. The van der Waals surface area contributed by atoms with Gasteiger partial charge in [-0.25, -0.2) is 4.98 Å². The lowest BCUT2D eigenvalue weighted by molar-refractivity contribution is 0.0700. The van der Waals surface area contributed by atoms with Crippen LogP contribution in [-0.4, -0.2) is 41.2 Å². The van der Waals surface area contributed by atoms with E-state index in [1.807, 2.05) is 24.3 Å². The molecule has 1 heterocycles. The smallest absolute Gasteiger partial charge is 0.272 e. The summed E-state index contributed by atoms with van der Waals surface area (Å²) in [7, 11) is 1.58. The molecule has 5 nitrogen and oxygen atoms in total. The number of methoxy groups -OCH3 is 1. The van der Waals surface area contributed by atoms with Crippen molar-refractivity contribution in [3.63, 3.8) is 0 Å². The molecule has 1 N–H and O–H groups in total. The van der Waals surface area contributed by atoms with Gasteiger partial charge in [0.25, 0.3) is 5.91 Å². The topological polar surface area (TPSA) is 62.7 Å². The molecule has 0 bridgehead atoms. The Bertz CT molecular complexity index is 649. The van der Waals surface area contributed by atoms with E-state index in [0.717, 1.165) is 5.56 Å². The molecule has 0 unspecified atom stereocenters. The zero-order valence-electron chi connectivity index (χ0n) is 12.2. The summed E-state index contributed by atoms with van der Waals surface area (Å²) >= 11 is 5.83. The number of benzene rings is 1. The number of para-hydroxylation sites is 1. The first-order valence-corrected chi connectivity index (χ1v) is 7.18. The van der Waals surface area contributed by atoms with Crippen molar-refractivity contribution in [3.8, 4) is 5.75 Å². The molecule has 1 aromatic carbocycles. The highest BCUT2D eigenvalue weighted by Gasteiger charge is 2.18. The minimum Gasteiger partial charge on any atom is -0.496 e. The Hall–Kier alpha value is -2.11. The Balaban J connectivity index is 2.24. The van der Waals surface area contributed by atoms with Gasteiger partial charge in [-0.2, -0.15) is 0 Å². The Morgan fingerprint density at radius 1 is 1.27 bits per heavy atom. The van der Waals surface area contributed by atoms with Crippen molar-refractivity contribution >= 4 is 17.5 Å². The van der Waals surface area contributed by atoms with Gasteiger partial charge in [0.15, 0.2) is 0 Å². The number of ether oxygens (including phenoxy) is 1. The van der Waals surface area contributed by atoms with Crippen molar-refractivity contribution in [3.05, 3.63) is 58.9 Å². The van der Waals surface area contributed by atoms with E-state index >= 15 is 0 Å². The van der Waals surface area contributed by atoms with Crippen LogP contribution in [-0.2, 0) is 6.54 Å². The first kappa shape index (κ1) is 16.3. The Morgan fingerprint density at radius 3 is 2.73 bits per heavy atom. The van der Waals surface area contributed by atoms with Crippen LogP contribution in [0.5, 0.6) is 5.75 Å². The van der Waals surface area contributed by atoms with Gasteiger partial charge in [-0.3, -0.25) is 4.79 Å². The second-order valence-electron chi connectivity index (χ2n) is 4.61. The molecule has 1 amide bonds. The van der Waals surface area contributed by atoms with E-state index < -0.39 is 0 Å². The normalized spacial score (nSPS) is 10.3. The highest BCUT2D eigenvalue weighted by Crippen LogP contribution is 2.20. The summed E-state index contributed by atoms with van der Waals surface area (Å²) < 4.78 is 5.29. The summed E-state index contributed by atoms with van der Waals surface area (Å²) in [5.41, 5.74) is 1.10. The minimum atomic E-state index is -0.289. The molecule has 0 aliphatic heterocycles. The molecule has 0 aliphatic rings. The SMILES string of the molecule is COc1ccccc1CN(CCO)C(=O)c1cccc(Cl)n1. The molecule has 6 heteroatoms. The number of hydrogen-bond acceptors (Lipinski definition) is 4. The number of hydrogen-bond donors (Lipinski definition) is 1. The molecule has 0 saturated heterocycles. The number of carbonyl (C=O) groups excluding carboxylic acids is 1. The Morgan fingerprint density at radius 2 is 2.05 bits per heavy atom. The summed E-state index contributed by atoms with van der Waals surface area (Å²) in [6, 6.07) is 12.3. The van der Waals surface area contributed by atoms with Gasteiger partial charge < -0.3 is 14.7 Å². The van der Waals surface area contributed by atoms with E-state index in [-0.39, 0.29) is 29.9 Å². The molecular formula is C16H17ClN2O3. The Labute approximate surface area is 134 Å². The zero-order chi connectivity index (χ0) is 15.9. The number of carbonyl (C=O) groups is 1. The van der Waals surface area contributed by atoms with Crippen molar-refractivity contribution in [2.24, 2.45) is 0 Å². The minimum absolute atomic E-state index is 0.137. The third-order valence-corrected chi connectivity index (χ3v) is 3.36. The predicted octanol–water partition coefficient (Wildman–Crippen LogP) is 2.38. The van der Waals surface area contributed by atoms with Crippen LogP contribution in [0.1, 0.15) is 16.1 Å². The maximum Gasteiger partial charge on any atom is 0.272 e. The van der Waals surface area contributed by atoms with Crippen LogP contribution in [0.3, 0.4) is 0 Å². The highest BCUT2D eigenvalue weighted by molar-refractivity contribution is 6.29. The highest BCUT2D eigenvalue weighted by atomic mass is 35.5. The molecule has 0 spiro atoms. The summed E-state index contributed by atoms with van der Waals surface area (Å²) in [6.45, 7) is 0.379. The summed E-state index contributed by atoms with van der Waals surface area (Å²) in [6.07, 6.45) is 0. The monoisotopic (exact) mass is 320 g/mol. The van der Waals surface area contributed by atoms with Gasteiger partial charge in [-0.15, -0.1) is 0 Å². The van der Waals surface area contributed by atoms with Crippen LogP contribution in [0.25, 0.3) is 0 Å². The fraction of sp³-hybridized carbons (Fsp3) is 0.250. The molecule has 0 saturated carbocycles. The maximum atomic E-state index is 12.5. The van der Waals surface area contributed by atoms with E-state index in [4.69, 9.17) is 16.3 Å². The molecule has 116 valence electrons. The number of aliphatic hydroxyl groups is 1. The van der Waals surface area contributed by atoms with Crippen LogP contribution in [0.4, 0.5) is 0 Å². The van der Waals surface area contributed by atoms with E-state index in [2.05, 4.69) is 4.98 Å². The van der Waals surface area contributed by atoms with Crippen LogP contribution >= 0.6 is 11.6 Å². The molecule has 0 aliphatic carbocycles. The largest absolute Gasteiger partial charge is 0.496 e. The summed E-state index contributed by atoms with van der Waals surface area (Å²) in [5.74, 6) is 0.403. The lowest BCUT2D eigenvalue weighted by Gasteiger charge is -2.22. The van der Waals surface area contributed by atoms with Gasteiger partial charge >= 0.3 is 0 Å². The quantitative estimate of drug-likeness (QED) is 0.830. The van der Waals surface area contributed by atoms with E-state index in [1.54, 1.807) is 25.3 Å². The molecule has 0 fully saturated rings. The van der Waals surface area contributed by atoms with Gasteiger partial charge in [0.05, 0.1) is 13.7 Å². The molecular weight excluding hydrogens is 304 g/mol. The molecule has 1 aromatic heterocycles. The number of nitrogens with zero attached hydrogens (tertiary/aromatic N) is 2. The third kappa shape index (κ3) is 3.96. The fourth-order valence-electron chi connectivity index (χ4n) is 2.10. The number of rotatable bonds is 6. The lowest BCUT2D eigenvalue weighted by atomic mass is 10.1.